The second-order valence-corrected chi connectivity index (χ2v) is 15.4. The number of hydrogen-bond acceptors (Lipinski definition) is 1. The van der Waals surface area contributed by atoms with Crippen LogP contribution >= 0.6 is 0 Å². The highest BCUT2D eigenvalue weighted by Gasteiger charge is 2.13. The Morgan fingerprint density at radius 1 is 0.309 bits per heavy atom. The molecule has 0 aliphatic carbocycles. The molecule has 0 atom stereocenters. The van der Waals surface area contributed by atoms with E-state index in [1.165, 1.54) is 129 Å². The van der Waals surface area contributed by atoms with E-state index in [9.17, 15) is 0 Å². The smallest absolute Gasteiger partial charge is 0.0727 e. The first-order chi connectivity index (χ1) is 27.1. The number of hydrogen-bond donors (Lipinski definition) is 0. The van der Waals surface area contributed by atoms with Gasteiger partial charge in [0.25, 0.3) is 0 Å². The van der Waals surface area contributed by atoms with Crippen molar-refractivity contribution in [1.29, 1.82) is 0 Å². The first-order valence-electron chi connectivity index (χ1n) is 21.3. The highest BCUT2D eigenvalue weighted by Crippen LogP contribution is 2.33. The maximum atomic E-state index is 6.79. The number of aryl methyl sites for hydroxylation is 4. The van der Waals surface area contributed by atoms with Crippen LogP contribution < -0.4 is 0 Å². The summed E-state index contributed by atoms with van der Waals surface area (Å²) in [5.74, 6) is 0. The van der Waals surface area contributed by atoms with Crippen LogP contribution in [0.3, 0.4) is 0 Å². The molecule has 0 N–H and O–H groups in total. The third-order valence-electron chi connectivity index (χ3n) is 11.1. The Bertz CT molecular complexity index is 1880. The van der Waals surface area contributed by atoms with Crippen molar-refractivity contribution in [3.05, 3.63) is 167 Å². The summed E-state index contributed by atoms with van der Waals surface area (Å²) in [6.45, 7) is 10.1. The van der Waals surface area contributed by atoms with Gasteiger partial charge >= 0.3 is 0 Å². The molecule has 1 heteroatoms. The van der Waals surface area contributed by atoms with Crippen molar-refractivity contribution in [2.75, 3.05) is 0 Å². The van der Waals surface area contributed by atoms with Gasteiger partial charge < -0.3 is 4.74 Å². The molecule has 0 aliphatic rings. The van der Waals surface area contributed by atoms with Gasteiger partial charge in [0.2, 0.25) is 0 Å². The van der Waals surface area contributed by atoms with Gasteiger partial charge in [0, 0.05) is 0 Å². The minimum Gasteiger partial charge on any atom is -0.372 e. The third kappa shape index (κ3) is 11.2. The molecule has 0 amide bonds. The number of benzene rings is 6. The van der Waals surface area contributed by atoms with E-state index in [-0.39, 0.29) is 0 Å². The van der Waals surface area contributed by atoms with Crippen LogP contribution in [0.15, 0.2) is 133 Å². The predicted molar refractivity (Wildman–Crippen MR) is 238 cm³/mol. The van der Waals surface area contributed by atoms with Gasteiger partial charge in [-0.2, -0.15) is 0 Å². The fraction of sp³-hybridized carbons (Fsp3) is 0.333. The summed E-state index contributed by atoms with van der Waals surface area (Å²) in [4.78, 5) is 0. The standard InChI is InChI=1S/C54H62O/c1-5-9-13-41-17-25-45(26-18-41)49-33-35-53(47-29-21-43(22-30-47)15-11-7-3)51(37-49)39-55-40-52-38-50(46-27-19-42(20-28-46)14-10-6-2)34-36-54(52)48-31-23-44(24-32-48)16-12-8-4/h17-38H,5-16,39-40H2,1-4H3. The average Bonchev–Trinajstić information content (AvgIpc) is 3.24. The average molecular weight is 727 g/mol. The van der Waals surface area contributed by atoms with Crippen LogP contribution in [0.4, 0.5) is 0 Å². The van der Waals surface area contributed by atoms with Crippen molar-refractivity contribution < 1.29 is 4.74 Å². The lowest BCUT2D eigenvalue weighted by molar-refractivity contribution is 0.108. The predicted octanol–water partition coefficient (Wildman–Crippen LogP) is 15.4. The highest BCUT2D eigenvalue weighted by atomic mass is 16.5. The van der Waals surface area contributed by atoms with Crippen molar-refractivity contribution in [2.24, 2.45) is 0 Å². The minimum absolute atomic E-state index is 0.529. The van der Waals surface area contributed by atoms with Gasteiger partial charge in [-0.1, -0.05) is 175 Å². The quantitative estimate of drug-likeness (QED) is 0.0761. The summed E-state index contributed by atoms with van der Waals surface area (Å²) in [5, 5.41) is 0. The molecule has 0 heterocycles. The maximum absolute atomic E-state index is 6.79. The van der Waals surface area contributed by atoms with Gasteiger partial charge in [-0.15, -0.1) is 0 Å². The molecular formula is C54H62O. The van der Waals surface area contributed by atoms with E-state index in [0.717, 1.165) is 25.7 Å². The minimum atomic E-state index is 0.529. The summed E-state index contributed by atoms with van der Waals surface area (Å²) in [6, 6.07) is 50.6. The molecule has 6 aromatic rings. The fourth-order valence-electron chi connectivity index (χ4n) is 7.57. The molecule has 0 radical (unpaired) electrons. The van der Waals surface area contributed by atoms with Gasteiger partial charge in [-0.3, -0.25) is 0 Å². The zero-order chi connectivity index (χ0) is 38.2. The van der Waals surface area contributed by atoms with Crippen LogP contribution in [0.25, 0.3) is 44.5 Å². The van der Waals surface area contributed by atoms with Crippen molar-refractivity contribution in [1.82, 2.24) is 0 Å². The van der Waals surface area contributed by atoms with Gasteiger partial charge in [0.15, 0.2) is 0 Å². The van der Waals surface area contributed by atoms with E-state index in [4.69, 9.17) is 4.74 Å². The molecule has 0 spiro atoms. The van der Waals surface area contributed by atoms with Crippen molar-refractivity contribution in [2.45, 2.75) is 118 Å². The van der Waals surface area contributed by atoms with E-state index in [1.807, 2.05) is 0 Å². The van der Waals surface area contributed by atoms with E-state index in [1.54, 1.807) is 0 Å². The number of unbranched alkanes of at least 4 members (excludes halogenated alkanes) is 4. The van der Waals surface area contributed by atoms with Crippen molar-refractivity contribution >= 4 is 0 Å². The van der Waals surface area contributed by atoms with E-state index in [2.05, 4.69) is 161 Å². The van der Waals surface area contributed by atoms with Crippen LogP contribution in [0.5, 0.6) is 0 Å². The van der Waals surface area contributed by atoms with E-state index in [0.29, 0.717) is 13.2 Å². The van der Waals surface area contributed by atoms with Crippen LogP contribution in [0.1, 0.15) is 112 Å². The molecule has 0 aliphatic heterocycles. The maximum Gasteiger partial charge on any atom is 0.0727 e. The summed E-state index contributed by atoms with van der Waals surface area (Å²) in [5.41, 5.74) is 18.0. The Balaban J connectivity index is 1.30. The second kappa shape index (κ2) is 20.8. The summed E-state index contributed by atoms with van der Waals surface area (Å²) < 4.78 is 6.79. The second-order valence-electron chi connectivity index (χ2n) is 15.4. The summed E-state index contributed by atoms with van der Waals surface area (Å²) >= 11 is 0. The molecule has 0 saturated carbocycles. The van der Waals surface area contributed by atoms with Crippen LogP contribution in [-0.4, -0.2) is 0 Å². The molecular weight excluding hydrogens is 665 g/mol. The third-order valence-corrected chi connectivity index (χ3v) is 11.1. The zero-order valence-electron chi connectivity index (χ0n) is 34.0. The number of rotatable bonds is 20. The monoisotopic (exact) mass is 726 g/mol. The SMILES string of the molecule is CCCCc1ccc(-c2ccc(-c3ccc(CCCC)cc3)c(COCc3cc(-c4ccc(CCCC)cc4)ccc3-c3ccc(CCCC)cc3)c2)cc1. The van der Waals surface area contributed by atoms with Crippen molar-refractivity contribution in [3.8, 4) is 44.5 Å². The molecule has 0 bridgehead atoms. The van der Waals surface area contributed by atoms with Crippen molar-refractivity contribution in [3.63, 3.8) is 0 Å². The molecule has 0 saturated heterocycles. The molecule has 55 heavy (non-hydrogen) atoms. The lowest BCUT2D eigenvalue weighted by Crippen LogP contribution is -2.00. The molecule has 284 valence electrons. The first-order valence-corrected chi connectivity index (χ1v) is 21.3. The Labute approximate surface area is 332 Å². The van der Waals surface area contributed by atoms with Gasteiger partial charge in [-0.05, 0) is 141 Å². The Morgan fingerprint density at radius 3 is 0.873 bits per heavy atom. The fourth-order valence-corrected chi connectivity index (χ4v) is 7.57. The molecule has 6 aromatic carbocycles. The van der Waals surface area contributed by atoms with Gasteiger partial charge in [-0.25, -0.2) is 0 Å². The lowest BCUT2D eigenvalue weighted by atomic mass is 9.93. The summed E-state index contributed by atoms with van der Waals surface area (Å²) in [7, 11) is 0. The first kappa shape index (κ1) is 40.0. The summed E-state index contributed by atoms with van der Waals surface area (Å²) in [6.07, 6.45) is 14.3. The van der Waals surface area contributed by atoms with E-state index >= 15 is 0 Å². The zero-order valence-corrected chi connectivity index (χ0v) is 34.0. The van der Waals surface area contributed by atoms with E-state index < -0.39 is 0 Å². The molecule has 1 nitrogen and oxygen atoms in total. The number of ether oxygens (including phenoxy) is 1. The Morgan fingerprint density at radius 2 is 0.582 bits per heavy atom. The van der Waals surface area contributed by atoms with Gasteiger partial charge in [0.1, 0.15) is 0 Å². The van der Waals surface area contributed by atoms with Crippen LogP contribution in [0, 0.1) is 0 Å². The largest absolute Gasteiger partial charge is 0.372 e. The Hall–Kier alpha value is -4.72. The topological polar surface area (TPSA) is 9.23 Å². The highest BCUT2D eigenvalue weighted by molar-refractivity contribution is 5.75. The molecule has 0 fully saturated rings. The normalized spacial score (nSPS) is 11.3. The molecule has 6 rings (SSSR count). The lowest BCUT2D eigenvalue weighted by Gasteiger charge is -2.16. The van der Waals surface area contributed by atoms with Crippen LogP contribution in [-0.2, 0) is 43.6 Å². The van der Waals surface area contributed by atoms with Crippen LogP contribution in [0.2, 0.25) is 0 Å². The molecule has 0 unspecified atom stereocenters. The molecule has 0 aromatic heterocycles. The Kier molecular flexibility index (Phi) is 15.1. The van der Waals surface area contributed by atoms with Gasteiger partial charge in [0.05, 0.1) is 13.2 Å².